The number of carbonyl (C=O) groups is 2. The Hall–Kier alpha value is -2.99. The third-order valence-corrected chi connectivity index (χ3v) is 7.26. The van der Waals surface area contributed by atoms with Gasteiger partial charge in [0.25, 0.3) is 11.8 Å². The summed E-state index contributed by atoms with van der Waals surface area (Å²) >= 11 is 7.54. The van der Waals surface area contributed by atoms with Gasteiger partial charge in [-0.1, -0.05) is 29.0 Å². The molecule has 196 valence electrons. The summed E-state index contributed by atoms with van der Waals surface area (Å²) in [5, 5.41) is 16.0. The maximum atomic E-state index is 13.0. The number of nitrogens with one attached hydrogen (secondary N) is 2. The number of hydrogen-bond acceptors (Lipinski definition) is 6. The van der Waals surface area contributed by atoms with Crippen LogP contribution in [0.25, 0.3) is 0 Å². The van der Waals surface area contributed by atoms with Gasteiger partial charge in [-0.2, -0.15) is 13.2 Å². The third-order valence-electron chi connectivity index (χ3n) is 6.04. The van der Waals surface area contributed by atoms with Crippen molar-refractivity contribution >= 4 is 45.4 Å². The second-order valence-corrected chi connectivity index (χ2v) is 10.2. The summed E-state index contributed by atoms with van der Waals surface area (Å²) < 4.78 is 38.9. The van der Waals surface area contributed by atoms with Crippen LogP contribution in [0.3, 0.4) is 0 Å². The number of carbonyl (C=O) groups excluding carboxylic acids is 2. The average molecular weight is 553 g/mol. The zero-order chi connectivity index (χ0) is 26.6. The number of benzene rings is 2. The molecule has 1 aliphatic rings. The molecule has 3 N–H and O–H groups in total. The molecule has 1 aromatic heterocycles. The standard InChI is InChI=1S/C25H24ClF3N4O3S/c26-20-5-4-18(31-23(35)16-2-1-3-17(10-16)25(27,28)29)11-19(20)24(36)32-21-12-30-22(37-21)13-33-8-6-15(14-34)7-9-33/h1-5,10-12,15,34H,6-9,13-14H2,(H,31,35)(H,32,36). The van der Waals surface area contributed by atoms with Gasteiger partial charge in [-0.25, -0.2) is 4.98 Å². The molecule has 37 heavy (non-hydrogen) atoms. The van der Waals surface area contributed by atoms with Crippen LogP contribution >= 0.6 is 22.9 Å². The molecular formula is C25H24ClF3N4O3S. The topological polar surface area (TPSA) is 94.6 Å². The molecule has 4 rings (SSSR count). The molecule has 0 atom stereocenters. The molecule has 0 spiro atoms. The highest BCUT2D eigenvalue weighted by Gasteiger charge is 2.31. The summed E-state index contributed by atoms with van der Waals surface area (Å²) in [5.41, 5.74) is -0.818. The molecule has 1 saturated heterocycles. The Balaban J connectivity index is 1.39. The third kappa shape index (κ3) is 7.07. The van der Waals surface area contributed by atoms with E-state index in [1.165, 1.54) is 35.6 Å². The van der Waals surface area contributed by atoms with E-state index in [1.54, 1.807) is 6.20 Å². The number of piperidine rings is 1. The van der Waals surface area contributed by atoms with Crippen molar-refractivity contribution in [1.82, 2.24) is 9.88 Å². The first kappa shape index (κ1) is 27.1. The van der Waals surface area contributed by atoms with E-state index in [-0.39, 0.29) is 28.4 Å². The number of likely N-dealkylation sites (tertiary alicyclic amines) is 1. The predicted octanol–water partition coefficient (Wildman–Crippen LogP) is 5.52. The molecule has 3 aromatic rings. The van der Waals surface area contributed by atoms with Crippen LogP contribution in [0.5, 0.6) is 0 Å². The van der Waals surface area contributed by atoms with Gasteiger partial charge in [0.1, 0.15) is 10.0 Å². The van der Waals surface area contributed by atoms with Gasteiger partial charge < -0.3 is 15.7 Å². The number of rotatable bonds is 7. The lowest BCUT2D eigenvalue weighted by molar-refractivity contribution is -0.137. The van der Waals surface area contributed by atoms with Crippen molar-refractivity contribution in [3.05, 3.63) is 75.4 Å². The molecule has 2 heterocycles. The molecular weight excluding hydrogens is 529 g/mol. The van der Waals surface area contributed by atoms with Crippen molar-refractivity contribution in [3.63, 3.8) is 0 Å². The van der Waals surface area contributed by atoms with Gasteiger partial charge in [-0.3, -0.25) is 14.5 Å². The molecule has 1 aliphatic heterocycles. The summed E-state index contributed by atoms with van der Waals surface area (Å²) in [6.07, 6.45) is -1.14. The number of nitrogens with zero attached hydrogens (tertiary/aromatic N) is 2. The van der Waals surface area contributed by atoms with E-state index in [0.29, 0.717) is 17.5 Å². The Kier molecular flexibility index (Phi) is 8.48. The highest BCUT2D eigenvalue weighted by atomic mass is 35.5. The van der Waals surface area contributed by atoms with Crippen LogP contribution in [0.2, 0.25) is 5.02 Å². The number of anilines is 2. The van der Waals surface area contributed by atoms with E-state index in [0.717, 1.165) is 49.1 Å². The fourth-order valence-electron chi connectivity index (χ4n) is 3.96. The monoisotopic (exact) mass is 552 g/mol. The van der Waals surface area contributed by atoms with Crippen LogP contribution in [0.1, 0.15) is 44.1 Å². The maximum absolute atomic E-state index is 13.0. The molecule has 0 saturated carbocycles. The molecule has 0 bridgehead atoms. The summed E-state index contributed by atoms with van der Waals surface area (Å²) in [6.45, 7) is 2.61. The van der Waals surface area contributed by atoms with Crippen molar-refractivity contribution in [2.75, 3.05) is 30.3 Å². The Morgan fingerprint density at radius 2 is 1.86 bits per heavy atom. The highest BCUT2D eigenvalue weighted by Crippen LogP contribution is 2.30. The van der Waals surface area contributed by atoms with Crippen LogP contribution in [-0.2, 0) is 12.7 Å². The summed E-state index contributed by atoms with van der Waals surface area (Å²) in [7, 11) is 0. The lowest BCUT2D eigenvalue weighted by Crippen LogP contribution is -2.34. The second-order valence-electron chi connectivity index (χ2n) is 8.70. The zero-order valence-corrected chi connectivity index (χ0v) is 21.1. The number of aliphatic hydroxyl groups excluding tert-OH is 1. The van der Waals surface area contributed by atoms with Crippen molar-refractivity contribution in [2.24, 2.45) is 5.92 Å². The van der Waals surface area contributed by atoms with Gasteiger partial charge in [0.05, 0.1) is 28.9 Å². The highest BCUT2D eigenvalue weighted by molar-refractivity contribution is 7.15. The predicted molar refractivity (Wildman–Crippen MR) is 136 cm³/mol. The minimum atomic E-state index is -4.57. The second kappa shape index (κ2) is 11.6. The number of hydrogen-bond donors (Lipinski definition) is 3. The number of thiazole rings is 1. The van der Waals surface area contributed by atoms with Crippen molar-refractivity contribution in [3.8, 4) is 0 Å². The molecule has 12 heteroatoms. The van der Waals surface area contributed by atoms with Gasteiger partial charge in [0.15, 0.2) is 0 Å². The van der Waals surface area contributed by atoms with Gasteiger partial charge in [0, 0.05) is 17.9 Å². The van der Waals surface area contributed by atoms with Crippen LogP contribution in [0, 0.1) is 5.92 Å². The molecule has 0 unspecified atom stereocenters. The molecule has 0 radical (unpaired) electrons. The van der Waals surface area contributed by atoms with Crippen molar-refractivity contribution in [1.29, 1.82) is 0 Å². The SMILES string of the molecule is O=C(Nc1ccc(Cl)c(C(=O)Nc2cnc(CN3CCC(CO)CC3)s2)c1)c1cccc(C(F)(F)F)c1. The summed E-state index contributed by atoms with van der Waals surface area (Å²) in [6, 6.07) is 8.29. The van der Waals surface area contributed by atoms with Gasteiger partial charge >= 0.3 is 6.18 Å². The number of alkyl halides is 3. The average Bonchev–Trinajstić information content (AvgIpc) is 3.31. The first-order valence-electron chi connectivity index (χ1n) is 11.5. The largest absolute Gasteiger partial charge is 0.416 e. The normalized spacial score (nSPS) is 14.9. The Morgan fingerprint density at radius 3 is 2.57 bits per heavy atom. The van der Waals surface area contributed by atoms with E-state index in [1.807, 2.05) is 0 Å². The minimum absolute atomic E-state index is 0.0875. The zero-order valence-electron chi connectivity index (χ0n) is 19.5. The van der Waals surface area contributed by atoms with E-state index in [4.69, 9.17) is 11.6 Å². The Labute approximate surface area is 220 Å². The summed E-state index contributed by atoms with van der Waals surface area (Å²) in [5.74, 6) is -0.924. The van der Waals surface area contributed by atoms with E-state index in [2.05, 4.69) is 20.5 Å². The Morgan fingerprint density at radius 1 is 1.11 bits per heavy atom. The number of halogens is 4. The lowest BCUT2D eigenvalue weighted by atomic mass is 9.98. The van der Waals surface area contributed by atoms with Crippen LogP contribution in [0.4, 0.5) is 23.9 Å². The molecule has 2 aromatic carbocycles. The maximum Gasteiger partial charge on any atom is 0.416 e. The Bertz CT molecular complexity index is 1280. The number of aliphatic hydroxyl groups is 1. The summed E-state index contributed by atoms with van der Waals surface area (Å²) in [4.78, 5) is 32.0. The van der Waals surface area contributed by atoms with Crippen LogP contribution in [-0.4, -0.2) is 46.5 Å². The van der Waals surface area contributed by atoms with E-state index >= 15 is 0 Å². The fourth-order valence-corrected chi connectivity index (χ4v) is 5.01. The van der Waals surface area contributed by atoms with Crippen LogP contribution < -0.4 is 10.6 Å². The molecule has 2 amide bonds. The number of amides is 2. The van der Waals surface area contributed by atoms with Gasteiger partial charge in [0.2, 0.25) is 0 Å². The first-order valence-corrected chi connectivity index (χ1v) is 12.7. The molecule has 7 nitrogen and oxygen atoms in total. The first-order chi connectivity index (χ1) is 17.6. The molecule has 1 fully saturated rings. The van der Waals surface area contributed by atoms with Crippen molar-refractivity contribution < 1.29 is 27.9 Å². The quantitative estimate of drug-likeness (QED) is 0.358. The van der Waals surface area contributed by atoms with E-state index in [9.17, 15) is 27.9 Å². The lowest BCUT2D eigenvalue weighted by Gasteiger charge is -2.30. The van der Waals surface area contributed by atoms with Crippen molar-refractivity contribution in [2.45, 2.75) is 25.6 Å². The smallest absolute Gasteiger partial charge is 0.396 e. The number of aromatic nitrogens is 1. The fraction of sp³-hybridized carbons (Fsp3) is 0.320. The van der Waals surface area contributed by atoms with Crippen LogP contribution in [0.15, 0.2) is 48.7 Å². The molecule has 0 aliphatic carbocycles. The minimum Gasteiger partial charge on any atom is -0.396 e. The van der Waals surface area contributed by atoms with Gasteiger partial charge in [-0.15, -0.1) is 0 Å². The van der Waals surface area contributed by atoms with Gasteiger partial charge in [-0.05, 0) is 68.2 Å². The van der Waals surface area contributed by atoms with E-state index < -0.39 is 23.6 Å².